The van der Waals surface area contributed by atoms with E-state index in [1.807, 2.05) is 37.3 Å². The highest BCUT2D eigenvalue weighted by Gasteiger charge is 2.35. The van der Waals surface area contributed by atoms with Crippen molar-refractivity contribution in [1.29, 1.82) is 0 Å². The minimum absolute atomic E-state index is 0.315. The fourth-order valence-corrected chi connectivity index (χ4v) is 3.10. The number of H-pyrrole nitrogens is 1. The third-order valence-corrected chi connectivity index (χ3v) is 4.83. The molecule has 1 fully saturated rings. The highest BCUT2D eigenvalue weighted by molar-refractivity contribution is 7.80. The van der Waals surface area contributed by atoms with Gasteiger partial charge in [-0.05, 0) is 31.3 Å². The number of para-hydroxylation sites is 1. The van der Waals surface area contributed by atoms with Gasteiger partial charge in [-0.25, -0.2) is 4.79 Å². The number of ether oxygens (including phenoxy) is 1. The highest BCUT2D eigenvalue weighted by Crippen LogP contribution is 2.27. The van der Waals surface area contributed by atoms with Crippen LogP contribution in [-0.4, -0.2) is 38.5 Å². The van der Waals surface area contributed by atoms with Crippen molar-refractivity contribution in [3.63, 3.8) is 0 Å². The lowest BCUT2D eigenvalue weighted by Crippen LogP contribution is -2.39. The quantitative estimate of drug-likeness (QED) is 0.590. The van der Waals surface area contributed by atoms with Gasteiger partial charge in [0, 0.05) is 30.4 Å². The Hall–Kier alpha value is -2.07. The molecule has 3 atom stereocenters. The molecule has 2 aromatic rings. The number of anilines is 1. The van der Waals surface area contributed by atoms with E-state index >= 15 is 0 Å². The summed E-state index contributed by atoms with van der Waals surface area (Å²) in [4.78, 5) is 14.7. The molecule has 1 aromatic heterocycles. The largest absolute Gasteiger partial charge is 0.390 e. The van der Waals surface area contributed by atoms with Crippen LogP contribution in [0.15, 0.2) is 41.3 Å². The van der Waals surface area contributed by atoms with Crippen molar-refractivity contribution in [1.82, 2.24) is 14.9 Å². The summed E-state index contributed by atoms with van der Waals surface area (Å²) in [6.45, 7) is 2.14. The van der Waals surface area contributed by atoms with Crippen LogP contribution in [0.3, 0.4) is 0 Å². The van der Waals surface area contributed by atoms with Gasteiger partial charge in [-0.2, -0.15) is 0 Å². The number of hydrogen-bond acceptors (Lipinski definition) is 5. The predicted molar refractivity (Wildman–Crippen MR) is 106 cm³/mol. The molecular weight excluding hydrogens is 372 g/mol. The van der Waals surface area contributed by atoms with Crippen molar-refractivity contribution in [2.24, 2.45) is 0 Å². The number of aryl methyl sites for hydroxylation is 1. The minimum atomic E-state index is -0.706. The Labute approximate surface area is 161 Å². The van der Waals surface area contributed by atoms with E-state index in [2.05, 4.69) is 15.6 Å². The predicted octanol–water partition coefficient (Wildman–Crippen LogP) is 1.85. The van der Waals surface area contributed by atoms with Crippen molar-refractivity contribution in [2.75, 3.05) is 11.9 Å². The van der Waals surface area contributed by atoms with Gasteiger partial charge in [-0.3, -0.25) is 9.55 Å². The smallest absolute Gasteiger partial charge is 0.328 e. The average molecular weight is 393 g/mol. The lowest BCUT2D eigenvalue weighted by molar-refractivity contribution is -0.0172. The van der Waals surface area contributed by atoms with E-state index < -0.39 is 18.4 Å². The van der Waals surface area contributed by atoms with Crippen molar-refractivity contribution < 1.29 is 9.84 Å². The first-order chi connectivity index (χ1) is 12.4. The number of aromatic nitrogens is 2. The monoisotopic (exact) mass is 392 g/mol. The second-order valence-corrected chi connectivity index (χ2v) is 6.93. The maximum atomic E-state index is 12.1. The number of hydrogen-bond donors (Lipinski definition) is 4. The van der Waals surface area contributed by atoms with Gasteiger partial charge in [0.25, 0.3) is 0 Å². The second kappa shape index (κ2) is 8.09. The first-order valence-corrected chi connectivity index (χ1v) is 9.01. The summed E-state index contributed by atoms with van der Waals surface area (Å²) < 4.78 is 7.67. The molecule has 26 heavy (non-hydrogen) atoms. The molecule has 0 unspecified atom stereocenters. The molecular formula is C17H20N4O3S2. The third kappa shape index (κ3) is 4.36. The number of benzene rings is 1. The van der Waals surface area contributed by atoms with Crippen LogP contribution in [0.2, 0.25) is 0 Å². The second-order valence-electron chi connectivity index (χ2n) is 6.11. The van der Waals surface area contributed by atoms with E-state index in [0.717, 1.165) is 11.3 Å². The summed E-state index contributed by atoms with van der Waals surface area (Å²) in [6.07, 6.45) is 0.226. The van der Waals surface area contributed by atoms with Crippen molar-refractivity contribution in [3.05, 3.63) is 57.2 Å². The van der Waals surface area contributed by atoms with E-state index in [1.165, 1.54) is 4.57 Å². The number of aliphatic hydroxyl groups is 1. The van der Waals surface area contributed by atoms with E-state index in [1.54, 1.807) is 6.20 Å². The topological polar surface area (TPSA) is 91.3 Å². The van der Waals surface area contributed by atoms with Crippen LogP contribution in [-0.2, 0) is 4.74 Å². The molecule has 0 spiro atoms. The van der Waals surface area contributed by atoms with E-state index in [4.69, 9.17) is 29.2 Å². The van der Waals surface area contributed by atoms with Gasteiger partial charge < -0.3 is 20.5 Å². The Morgan fingerprint density at radius 1 is 1.42 bits per heavy atom. The molecule has 3 rings (SSSR count). The average Bonchev–Trinajstić information content (AvgIpc) is 2.98. The summed E-state index contributed by atoms with van der Waals surface area (Å²) in [6, 6.07) is 9.54. The summed E-state index contributed by atoms with van der Waals surface area (Å²) in [5, 5.41) is 16.8. The summed E-state index contributed by atoms with van der Waals surface area (Å²) in [5.74, 6) is 0. The fraction of sp³-hybridized carbons (Fsp3) is 0.353. The van der Waals surface area contributed by atoms with Gasteiger partial charge in [-0.15, -0.1) is 0 Å². The minimum Gasteiger partial charge on any atom is -0.390 e. The maximum absolute atomic E-state index is 12.1. The number of thiocarbonyl (C=S) groups is 1. The van der Waals surface area contributed by atoms with Crippen LogP contribution >= 0.6 is 24.4 Å². The molecule has 138 valence electrons. The standard InChI is InChI=1S/C17H20N4O3S2/c1-10-9-21(17(23)20-15(10)25)14-7-12(22)13(24-14)8-18-16(26)19-11-5-3-2-4-6-11/h2-6,9,12-14,22H,7-8H2,1H3,(H2,18,19,26)(H,20,23,25)/t12-,13+,14-/m0/s1. The van der Waals surface area contributed by atoms with Gasteiger partial charge in [0.1, 0.15) is 17.0 Å². The Morgan fingerprint density at radius 2 is 2.15 bits per heavy atom. The Morgan fingerprint density at radius 3 is 2.88 bits per heavy atom. The van der Waals surface area contributed by atoms with Crippen molar-refractivity contribution in [3.8, 4) is 0 Å². The van der Waals surface area contributed by atoms with E-state index in [0.29, 0.717) is 22.7 Å². The Balaban J connectivity index is 1.59. The van der Waals surface area contributed by atoms with Crippen molar-refractivity contribution in [2.45, 2.75) is 31.8 Å². The number of nitrogens with zero attached hydrogens (tertiary/aromatic N) is 1. The SMILES string of the molecule is Cc1cn([C@@H]2C[C@H](O)[C@@H](CNC(=S)Nc3ccccc3)O2)c(=O)[nH]c1=S. The molecule has 0 aliphatic carbocycles. The third-order valence-electron chi connectivity index (χ3n) is 4.16. The van der Waals surface area contributed by atoms with E-state index in [9.17, 15) is 9.90 Å². The zero-order valence-corrected chi connectivity index (χ0v) is 15.8. The number of rotatable bonds is 4. The molecule has 0 bridgehead atoms. The molecule has 1 aliphatic rings. The van der Waals surface area contributed by atoms with Gasteiger partial charge >= 0.3 is 5.69 Å². The van der Waals surface area contributed by atoms with Crippen LogP contribution < -0.4 is 16.3 Å². The van der Waals surface area contributed by atoms with Gasteiger partial charge in [0.15, 0.2) is 5.11 Å². The molecule has 7 nitrogen and oxygen atoms in total. The molecule has 0 saturated carbocycles. The summed E-state index contributed by atoms with van der Waals surface area (Å²) in [7, 11) is 0. The van der Waals surface area contributed by atoms with Crippen LogP contribution in [0.5, 0.6) is 0 Å². The van der Waals surface area contributed by atoms with Crippen LogP contribution in [0.25, 0.3) is 0 Å². The lowest BCUT2D eigenvalue weighted by Gasteiger charge is -2.18. The van der Waals surface area contributed by atoms with Crippen LogP contribution in [0.1, 0.15) is 18.2 Å². The van der Waals surface area contributed by atoms with Gasteiger partial charge in [0.2, 0.25) is 0 Å². The summed E-state index contributed by atoms with van der Waals surface area (Å²) >= 11 is 10.3. The first-order valence-electron chi connectivity index (χ1n) is 8.19. The van der Waals surface area contributed by atoms with Crippen molar-refractivity contribution >= 4 is 35.2 Å². The molecule has 2 heterocycles. The normalized spacial score (nSPS) is 22.2. The first kappa shape index (κ1) is 18.7. The summed E-state index contributed by atoms with van der Waals surface area (Å²) in [5.41, 5.74) is 1.29. The molecule has 4 N–H and O–H groups in total. The fourth-order valence-electron chi connectivity index (χ4n) is 2.76. The van der Waals surface area contributed by atoms with Crippen LogP contribution in [0, 0.1) is 11.6 Å². The number of aliphatic hydroxyl groups excluding tert-OH is 1. The zero-order chi connectivity index (χ0) is 18.7. The van der Waals surface area contributed by atoms with Gasteiger partial charge in [0.05, 0.1) is 6.10 Å². The molecule has 1 aliphatic heterocycles. The van der Waals surface area contributed by atoms with Gasteiger partial charge in [-0.1, -0.05) is 30.4 Å². The molecule has 9 heteroatoms. The molecule has 1 aromatic carbocycles. The zero-order valence-electron chi connectivity index (χ0n) is 14.1. The molecule has 0 radical (unpaired) electrons. The van der Waals surface area contributed by atoms with E-state index in [-0.39, 0.29) is 5.69 Å². The maximum Gasteiger partial charge on any atom is 0.328 e. The highest BCUT2D eigenvalue weighted by atomic mass is 32.1. The number of aromatic amines is 1. The Bertz CT molecular complexity index is 897. The number of nitrogens with one attached hydrogen (secondary N) is 3. The van der Waals surface area contributed by atoms with Crippen LogP contribution in [0.4, 0.5) is 5.69 Å². The lowest BCUT2D eigenvalue weighted by atomic mass is 10.2. The Kier molecular flexibility index (Phi) is 5.82. The molecule has 1 saturated heterocycles. The molecule has 0 amide bonds.